The maximum Gasteiger partial charge on any atom is 0.317 e. The number of hydrogen-bond donors (Lipinski definition) is 2. The third kappa shape index (κ3) is 4.90. The second kappa shape index (κ2) is 9.01. The Hall–Kier alpha value is -2.99. The van der Waals surface area contributed by atoms with Crippen molar-refractivity contribution >= 4 is 17.7 Å². The van der Waals surface area contributed by atoms with Crippen molar-refractivity contribution < 1.29 is 19.5 Å². The second-order valence-electron chi connectivity index (χ2n) is 7.49. The maximum absolute atomic E-state index is 12.9. The molecule has 1 aliphatic rings. The number of carboxylic acid groups (broad SMARTS) is 1. The fourth-order valence-corrected chi connectivity index (χ4v) is 3.68. The number of carbonyl (C=O) groups excluding carboxylic acids is 2. The molecule has 2 N–H and O–H groups in total. The Morgan fingerprint density at radius 1 is 1.03 bits per heavy atom. The predicted molar refractivity (Wildman–Crippen MR) is 110 cm³/mol. The second-order valence-corrected chi connectivity index (χ2v) is 7.49. The topological polar surface area (TPSA) is 86.7 Å². The summed E-state index contributed by atoms with van der Waals surface area (Å²) in [5.74, 6) is -1.30. The van der Waals surface area contributed by atoms with Gasteiger partial charge >= 0.3 is 5.97 Å². The molecule has 0 saturated heterocycles. The first kappa shape index (κ1) is 20.7. The van der Waals surface area contributed by atoms with Gasteiger partial charge in [-0.1, -0.05) is 55.0 Å². The predicted octanol–water partition coefficient (Wildman–Crippen LogP) is 2.89. The summed E-state index contributed by atoms with van der Waals surface area (Å²) < 4.78 is 0. The summed E-state index contributed by atoms with van der Waals surface area (Å²) in [5, 5.41) is 12.0. The molecule has 0 radical (unpaired) electrons. The van der Waals surface area contributed by atoms with E-state index >= 15 is 0 Å². The van der Waals surface area contributed by atoms with E-state index in [9.17, 15) is 14.4 Å². The molecule has 1 saturated carbocycles. The Balaban J connectivity index is 1.66. The highest BCUT2D eigenvalue weighted by atomic mass is 16.4. The number of nitrogens with one attached hydrogen (secondary N) is 1. The van der Waals surface area contributed by atoms with Gasteiger partial charge in [-0.15, -0.1) is 0 Å². The van der Waals surface area contributed by atoms with Gasteiger partial charge in [0.2, 0.25) is 0 Å². The Bertz CT molecular complexity index is 901. The average Bonchev–Trinajstić information content (AvgIpc) is 2.68. The van der Waals surface area contributed by atoms with Gasteiger partial charge in [0.25, 0.3) is 5.91 Å². The van der Waals surface area contributed by atoms with Crippen LogP contribution in [0.4, 0.5) is 0 Å². The highest BCUT2D eigenvalue weighted by Gasteiger charge is 2.35. The summed E-state index contributed by atoms with van der Waals surface area (Å²) >= 11 is 0. The minimum absolute atomic E-state index is 0.00964. The lowest BCUT2D eigenvalue weighted by atomic mass is 9.85. The number of carboxylic acids is 1. The first-order valence-electron chi connectivity index (χ1n) is 9.86. The zero-order valence-corrected chi connectivity index (χ0v) is 16.7. The van der Waals surface area contributed by atoms with Gasteiger partial charge in [-0.25, -0.2) is 0 Å². The van der Waals surface area contributed by atoms with E-state index in [1.165, 1.54) is 0 Å². The van der Waals surface area contributed by atoms with Crippen LogP contribution in [0, 0.1) is 6.92 Å². The lowest BCUT2D eigenvalue weighted by Gasteiger charge is -2.42. The van der Waals surface area contributed by atoms with Gasteiger partial charge in [-0.2, -0.15) is 0 Å². The third-order valence-electron chi connectivity index (χ3n) is 5.44. The lowest BCUT2D eigenvalue weighted by molar-refractivity contribution is -0.139. The van der Waals surface area contributed by atoms with Gasteiger partial charge in [-0.3, -0.25) is 19.3 Å². The number of likely N-dealkylation sites (N-methyl/N-ethyl adjacent to an activating group) is 1. The molecule has 0 atom stereocenters. The summed E-state index contributed by atoms with van der Waals surface area (Å²) in [6.45, 7) is 4.56. The lowest BCUT2D eigenvalue weighted by Crippen LogP contribution is -2.54. The number of aliphatic carboxylic acids is 1. The van der Waals surface area contributed by atoms with Gasteiger partial charge in [-0.05, 0) is 32.4 Å². The van der Waals surface area contributed by atoms with Crippen molar-refractivity contribution in [2.24, 2.45) is 0 Å². The van der Waals surface area contributed by atoms with Crippen LogP contribution in [0.25, 0.3) is 0 Å². The van der Waals surface area contributed by atoms with E-state index in [2.05, 4.69) is 5.32 Å². The molecule has 0 unspecified atom stereocenters. The van der Waals surface area contributed by atoms with Gasteiger partial charge in [0, 0.05) is 23.2 Å². The van der Waals surface area contributed by atoms with Crippen molar-refractivity contribution in [1.82, 2.24) is 10.2 Å². The molecule has 0 bridgehead atoms. The molecule has 29 heavy (non-hydrogen) atoms. The Morgan fingerprint density at radius 3 is 2.24 bits per heavy atom. The number of carbonyl (C=O) groups is 3. The Labute approximate surface area is 170 Å². The number of hydrogen-bond acceptors (Lipinski definition) is 4. The van der Waals surface area contributed by atoms with Crippen molar-refractivity contribution in [3.8, 4) is 0 Å². The number of benzene rings is 2. The molecule has 0 aliphatic heterocycles. The van der Waals surface area contributed by atoms with Crippen LogP contribution in [0.5, 0.6) is 0 Å². The average molecular weight is 394 g/mol. The minimum Gasteiger partial charge on any atom is -0.480 e. The van der Waals surface area contributed by atoms with Crippen LogP contribution >= 0.6 is 0 Å². The van der Waals surface area contributed by atoms with Gasteiger partial charge in [0.15, 0.2) is 5.78 Å². The molecule has 3 rings (SSSR count). The van der Waals surface area contributed by atoms with Crippen LogP contribution < -0.4 is 5.32 Å². The fourth-order valence-electron chi connectivity index (χ4n) is 3.68. The van der Waals surface area contributed by atoms with Crippen LogP contribution in [0.15, 0.2) is 48.5 Å². The molecule has 6 heteroatoms. The molecular formula is C23H26N2O4. The zero-order chi connectivity index (χ0) is 21.0. The van der Waals surface area contributed by atoms with Crippen LogP contribution in [0.2, 0.25) is 0 Å². The van der Waals surface area contributed by atoms with E-state index < -0.39 is 5.97 Å². The van der Waals surface area contributed by atoms with Gasteiger partial charge in [0.1, 0.15) is 0 Å². The zero-order valence-electron chi connectivity index (χ0n) is 16.7. The third-order valence-corrected chi connectivity index (χ3v) is 5.44. The van der Waals surface area contributed by atoms with Crippen molar-refractivity contribution in [2.75, 3.05) is 13.1 Å². The van der Waals surface area contributed by atoms with Gasteiger partial charge < -0.3 is 10.4 Å². The molecule has 1 amide bonds. The Kier molecular flexibility index (Phi) is 6.44. The van der Waals surface area contributed by atoms with E-state index in [4.69, 9.17) is 5.11 Å². The van der Waals surface area contributed by atoms with E-state index in [1.807, 2.05) is 30.9 Å². The minimum atomic E-state index is -0.845. The number of amides is 1. The smallest absolute Gasteiger partial charge is 0.317 e. The first-order chi connectivity index (χ1) is 13.9. The fraction of sp³-hybridized carbons (Fsp3) is 0.348. The molecular weight excluding hydrogens is 368 g/mol. The first-order valence-corrected chi connectivity index (χ1v) is 9.86. The maximum atomic E-state index is 12.9. The quantitative estimate of drug-likeness (QED) is 0.673. The van der Waals surface area contributed by atoms with Gasteiger partial charge in [0.05, 0.1) is 12.1 Å². The van der Waals surface area contributed by atoms with Crippen LogP contribution in [0.3, 0.4) is 0 Å². The molecule has 2 aromatic carbocycles. The summed E-state index contributed by atoms with van der Waals surface area (Å²) in [6.07, 6.45) is 1.42. The van der Waals surface area contributed by atoms with E-state index in [0.29, 0.717) is 36.1 Å². The molecule has 1 aliphatic carbocycles. The normalized spacial score (nSPS) is 18.2. The molecule has 0 aromatic heterocycles. The number of rotatable bonds is 8. The number of aryl methyl sites for hydroxylation is 1. The number of nitrogens with zero attached hydrogens (tertiary/aromatic N) is 1. The summed E-state index contributed by atoms with van der Waals surface area (Å²) in [6, 6.07) is 14.3. The monoisotopic (exact) mass is 394 g/mol. The molecule has 2 aromatic rings. The van der Waals surface area contributed by atoms with Crippen molar-refractivity contribution in [3.05, 3.63) is 70.8 Å². The molecule has 0 spiro atoms. The van der Waals surface area contributed by atoms with Crippen molar-refractivity contribution in [1.29, 1.82) is 0 Å². The highest BCUT2D eigenvalue weighted by molar-refractivity contribution is 6.15. The molecule has 6 nitrogen and oxygen atoms in total. The largest absolute Gasteiger partial charge is 0.480 e. The van der Waals surface area contributed by atoms with Crippen LogP contribution in [-0.4, -0.2) is 52.8 Å². The summed E-state index contributed by atoms with van der Waals surface area (Å²) in [4.78, 5) is 38.6. The van der Waals surface area contributed by atoms with Crippen molar-refractivity contribution in [3.63, 3.8) is 0 Å². The number of ketones is 1. The van der Waals surface area contributed by atoms with E-state index in [1.54, 1.807) is 36.4 Å². The SMILES string of the molecule is CCN(CC(=O)O)C1CC(NC(=O)c2ccccc2C(=O)c2ccc(C)cc2)C1. The standard InChI is InChI=1S/C23H26N2O4/c1-3-25(14-21(26)27)18-12-17(13-18)24-23(29)20-7-5-4-6-19(20)22(28)16-10-8-15(2)9-11-16/h4-11,17-18H,3,12-14H2,1-2H3,(H,24,29)(H,26,27). The summed E-state index contributed by atoms with van der Waals surface area (Å²) in [7, 11) is 0. The Morgan fingerprint density at radius 2 is 1.66 bits per heavy atom. The molecule has 152 valence electrons. The van der Waals surface area contributed by atoms with Crippen LogP contribution in [0.1, 0.15) is 51.6 Å². The summed E-state index contributed by atoms with van der Waals surface area (Å²) in [5.41, 5.74) is 2.35. The van der Waals surface area contributed by atoms with Crippen LogP contribution in [-0.2, 0) is 4.79 Å². The van der Waals surface area contributed by atoms with E-state index in [-0.39, 0.29) is 30.3 Å². The molecule has 1 fully saturated rings. The van der Waals surface area contributed by atoms with E-state index in [0.717, 1.165) is 5.56 Å². The van der Waals surface area contributed by atoms with Crippen molar-refractivity contribution in [2.45, 2.75) is 38.8 Å². The highest BCUT2D eigenvalue weighted by Crippen LogP contribution is 2.26. The molecule has 0 heterocycles.